The lowest BCUT2D eigenvalue weighted by Gasteiger charge is -2.22. The standard InChI is InChI=1S/C17H28FN3OS/c1-4-19-17(20-11-7-8-14-23-3)21(2)12-13-22-16-10-6-5-9-15(16)18/h5-6,9-10H,4,7-8,11-14H2,1-3H3,(H,19,20). The second kappa shape index (κ2) is 12.0. The Morgan fingerprint density at radius 3 is 2.83 bits per heavy atom. The number of likely N-dealkylation sites (N-methyl/N-ethyl adjacent to an activating group) is 1. The first-order valence-electron chi connectivity index (χ1n) is 8.04. The number of halogens is 1. The van der Waals surface area contributed by atoms with Gasteiger partial charge in [0.1, 0.15) is 6.61 Å². The zero-order chi connectivity index (χ0) is 16.9. The summed E-state index contributed by atoms with van der Waals surface area (Å²) in [7, 11) is 1.97. The number of aliphatic imine (C=N–C) groups is 1. The minimum atomic E-state index is -0.329. The number of guanidine groups is 1. The highest BCUT2D eigenvalue weighted by Gasteiger charge is 2.06. The molecule has 1 N–H and O–H groups in total. The fraction of sp³-hybridized carbons (Fsp3) is 0.588. The van der Waals surface area contributed by atoms with Crippen LogP contribution in [0.5, 0.6) is 5.75 Å². The number of nitrogens with zero attached hydrogens (tertiary/aromatic N) is 2. The highest BCUT2D eigenvalue weighted by atomic mass is 32.2. The van der Waals surface area contributed by atoms with Gasteiger partial charge in [-0.1, -0.05) is 12.1 Å². The summed E-state index contributed by atoms with van der Waals surface area (Å²) in [4.78, 5) is 6.63. The summed E-state index contributed by atoms with van der Waals surface area (Å²) in [6.07, 6.45) is 4.40. The predicted octanol–water partition coefficient (Wildman–Crippen LogP) is 3.25. The minimum Gasteiger partial charge on any atom is -0.489 e. The molecule has 0 aliphatic carbocycles. The first-order valence-corrected chi connectivity index (χ1v) is 9.44. The Morgan fingerprint density at radius 2 is 2.13 bits per heavy atom. The molecule has 4 nitrogen and oxygen atoms in total. The number of para-hydroxylation sites is 1. The fourth-order valence-corrected chi connectivity index (χ4v) is 2.47. The molecule has 0 unspecified atom stereocenters. The molecule has 0 atom stereocenters. The second-order valence-electron chi connectivity index (χ2n) is 5.14. The van der Waals surface area contributed by atoms with Crippen LogP contribution < -0.4 is 10.1 Å². The largest absolute Gasteiger partial charge is 0.489 e. The normalized spacial score (nSPS) is 11.4. The fourth-order valence-electron chi connectivity index (χ4n) is 1.97. The number of hydrogen-bond donors (Lipinski definition) is 1. The van der Waals surface area contributed by atoms with Gasteiger partial charge in [-0.05, 0) is 43.9 Å². The van der Waals surface area contributed by atoms with Crippen molar-refractivity contribution in [2.75, 3.05) is 45.3 Å². The number of nitrogens with one attached hydrogen (secondary N) is 1. The summed E-state index contributed by atoms with van der Waals surface area (Å²) < 4.78 is 19.0. The van der Waals surface area contributed by atoms with E-state index in [-0.39, 0.29) is 5.82 Å². The quantitative estimate of drug-likeness (QED) is 0.403. The molecule has 0 saturated carbocycles. The third-order valence-electron chi connectivity index (χ3n) is 3.24. The van der Waals surface area contributed by atoms with Crippen LogP contribution in [0.3, 0.4) is 0 Å². The Morgan fingerprint density at radius 1 is 1.35 bits per heavy atom. The Labute approximate surface area is 143 Å². The number of thioether (sulfide) groups is 1. The zero-order valence-electron chi connectivity index (χ0n) is 14.3. The maximum Gasteiger partial charge on any atom is 0.193 e. The average Bonchev–Trinajstić information content (AvgIpc) is 2.55. The van der Waals surface area contributed by atoms with Crippen LogP contribution in [0.25, 0.3) is 0 Å². The lowest BCUT2D eigenvalue weighted by Crippen LogP contribution is -2.41. The van der Waals surface area contributed by atoms with E-state index in [0.717, 1.165) is 25.5 Å². The molecule has 0 saturated heterocycles. The van der Waals surface area contributed by atoms with Crippen molar-refractivity contribution in [3.05, 3.63) is 30.1 Å². The molecule has 0 aromatic heterocycles. The molecule has 6 heteroatoms. The van der Waals surface area contributed by atoms with E-state index in [1.165, 1.54) is 18.2 Å². The summed E-state index contributed by atoms with van der Waals surface area (Å²) >= 11 is 1.87. The van der Waals surface area contributed by atoms with E-state index in [9.17, 15) is 4.39 Å². The van der Waals surface area contributed by atoms with Crippen molar-refractivity contribution >= 4 is 17.7 Å². The Hall–Kier alpha value is -1.43. The lowest BCUT2D eigenvalue weighted by molar-refractivity contribution is 0.270. The van der Waals surface area contributed by atoms with E-state index in [1.54, 1.807) is 18.2 Å². The van der Waals surface area contributed by atoms with Crippen molar-refractivity contribution in [2.45, 2.75) is 19.8 Å². The van der Waals surface area contributed by atoms with E-state index in [2.05, 4.69) is 16.6 Å². The third kappa shape index (κ3) is 8.11. The van der Waals surface area contributed by atoms with Crippen LogP contribution in [-0.4, -0.2) is 56.2 Å². The van der Waals surface area contributed by atoms with Crippen LogP contribution in [0.1, 0.15) is 19.8 Å². The molecular formula is C17H28FN3OS. The Kier molecular flexibility index (Phi) is 10.3. The highest BCUT2D eigenvalue weighted by Crippen LogP contribution is 2.14. The minimum absolute atomic E-state index is 0.292. The molecule has 0 aliphatic rings. The van der Waals surface area contributed by atoms with Crippen LogP contribution >= 0.6 is 11.8 Å². The molecule has 0 bridgehead atoms. The van der Waals surface area contributed by atoms with Gasteiger partial charge in [0.15, 0.2) is 17.5 Å². The van der Waals surface area contributed by atoms with Crippen molar-refractivity contribution < 1.29 is 9.13 Å². The number of rotatable bonds is 10. The van der Waals surface area contributed by atoms with Gasteiger partial charge in [0.2, 0.25) is 0 Å². The highest BCUT2D eigenvalue weighted by molar-refractivity contribution is 7.98. The van der Waals surface area contributed by atoms with Gasteiger partial charge < -0.3 is 15.0 Å². The molecule has 0 radical (unpaired) electrons. The van der Waals surface area contributed by atoms with Crippen LogP contribution in [0.2, 0.25) is 0 Å². The van der Waals surface area contributed by atoms with Crippen LogP contribution in [0.15, 0.2) is 29.3 Å². The average molecular weight is 341 g/mol. The SMILES string of the molecule is CCNC(=NCCCCSC)N(C)CCOc1ccccc1F. The summed E-state index contributed by atoms with van der Waals surface area (Å²) in [5, 5.41) is 3.27. The maximum absolute atomic E-state index is 13.5. The van der Waals surface area contributed by atoms with E-state index < -0.39 is 0 Å². The first-order chi connectivity index (χ1) is 11.2. The van der Waals surface area contributed by atoms with Gasteiger partial charge in [-0.15, -0.1) is 0 Å². The molecule has 0 aliphatic heterocycles. The summed E-state index contributed by atoms with van der Waals surface area (Å²) in [6, 6.07) is 6.46. The molecule has 23 heavy (non-hydrogen) atoms. The Bertz CT molecular complexity index is 471. The van der Waals surface area contributed by atoms with Crippen LogP contribution in [-0.2, 0) is 0 Å². The van der Waals surface area contributed by atoms with Gasteiger partial charge in [-0.3, -0.25) is 4.99 Å². The van der Waals surface area contributed by atoms with Crippen molar-refractivity contribution in [1.82, 2.24) is 10.2 Å². The topological polar surface area (TPSA) is 36.9 Å². The molecule has 0 spiro atoms. The van der Waals surface area contributed by atoms with Gasteiger partial charge in [-0.25, -0.2) is 4.39 Å². The molecular weight excluding hydrogens is 313 g/mol. The van der Waals surface area contributed by atoms with Gasteiger partial charge in [0.05, 0.1) is 6.54 Å². The summed E-state index contributed by atoms with van der Waals surface area (Å²) in [5.41, 5.74) is 0. The second-order valence-corrected chi connectivity index (χ2v) is 6.12. The van der Waals surface area contributed by atoms with Crippen molar-refractivity contribution in [2.24, 2.45) is 4.99 Å². The van der Waals surface area contributed by atoms with Crippen molar-refractivity contribution in [3.8, 4) is 5.75 Å². The molecule has 1 aromatic carbocycles. The van der Waals surface area contributed by atoms with Gasteiger partial charge in [-0.2, -0.15) is 11.8 Å². The van der Waals surface area contributed by atoms with E-state index >= 15 is 0 Å². The molecule has 1 aromatic rings. The molecule has 0 heterocycles. The van der Waals surface area contributed by atoms with E-state index in [0.29, 0.717) is 18.9 Å². The number of unbranched alkanes of at least 4 members (excludes halogenated alkanes) is 1. The lowest BCUT2D eigenvalue weighted by atomic mass is 10.3. The van der Waals surface area contributed by atoms with Gasteiger partial charge in [0.25, 0.3) is 0 Å². The zero-order valence-corrected chi connectivity index (χ0v) is 15.2. The number of ether oxygens (including phenoxy) is 1. The number of hydrogen-bond acceptors (Lipinski definition) is 3. The monoisotopic (exact) mass is 341 g/mol. The summed E-state index contributed by atoms with van der Waals surface area (Å²) in [5.74, 6) is 2.01. The van der Waals surface area contributed by atoms with Crippen molar-refractivity contribution in [3.63, 3.8) is 0 Å². The Balaban J connectivity index is 2.39. The molecule has 130 valence electrons. The number of benzene rings is 1. The maximum atomic E-state index is 13.5. The predicted molar refractivity (Wildman–Crippen MR) is 98.1 cm³/mol. The van der Waals surface area contributed by atoms with E-state index in [1.807, 2.05) is 30.6 Å². The van der Waals surface area contributed by atoms with E-state index in [4.69, 9.17) is 4.74 Å². The summed E-state index contributed by atoms with van der Waals surface area (Å²) in [6.45, 7) is 4.75. The van der Waals surface area contributed by atoms with Gasteiger partial charge in [0, 0.05) is 20.1 Å². The molecule has 0 fully saturated rings. The van der Waals surface area contributed by atoms with Gasteiger partial charge >= 0.3 is 0 Å². The third-order valence-corrected chi connectivity index (χ3v) is 3.93. The first kappa shape index (κ1) is 19.6. The van der Waals surface area contributed by atoms with Crippen LogP contribution in [0, 0.1) is 5.82 Å². The smallest absolute Gasteiger partial charge is 0.193 e. The molecule has 1 rings (SSSR count). The van der Waals surface area contributed by atoms with Crippen molar-refractivity contribution in [1.29, 1.82) is 0 Å². The molecule has 0 amide bonds. The van der Waals surface area contributed by atoms with Crippen LogP contribution in [0.4, 0.5) is 4.39 Å².